The van der Waals surface area contributed by atoms with E-state index in [4.69, 9.17) is 0 Å². The van der Waals surface area contributed by atoms with Gasteiger partial charge in [0.2, 0.25) is 0 Å². The summed E-state index contributed by atoms with van der Waals surface area (Å²) < 4.78 is 0. The fourth-order valence-electron chi connectivity index (χ4n) is 1.16. The van der Waals surface area contributed by atoms with Crippen molar-refractivity contribution in [3.63, 3.8) is 0 Å². The molecule has 2 rings (SSSR count). The van der Waals surface area contributed by atoms with E-state index >= 15 is 0 Å². The molecule has 0 spiro atoms. The van der Waals surface area contributed by atoms with Crippen LogP contribution in [0.15, 0.2) is 36.2 Å². The van der Waals surface area contributed by atoms with E-state index in [1.54, 1.807) is 0 Å². The van der Waals surface area contributed by atoms with Gasteiger partial charge in [-0.25, -0.2) is 0 Å². The maximum atomic E-state index is 3.84. The monoisotopic (exact) mass is 119 g/mol. The molecular formula is C8H9N. The van der Waals surface area contributed by atoms with Crippen molar-refractivity contribution in [1.82, 2.24) is 4.90 Å². The highest BCUT2D eigenvalue weighted by Gasteiger charge is 2.35. The van der Waals surface area contributed by atoms with Gasteiger partial charge < -0.3 is 4.90 Å². The molecule has 0 radical (unpaired) electrons. The molecule has 0 bridgehead atoms. The van der Waals surface area contributed by atoms with Crippen LogP contribution in [0, 0.1) is 0 Å². The molecule has 2 heterocycles. The Morgan fingerprint density at radius 3 is 3.00 bits per heavy atom. The fourth-order valence-corrected chi connectivity index (χ4v) is 1.16. The van der Waals surface area contributed by atoms with Gasteiger partial charge >= 0.3 is 0 Å². The summed E-state index contributed by atoms with van der Waals surface area (Å²) in [6.07, 6.45) is 6.25. The first-order valence-corrected chi connectivity index (χ1v) is 3.16. The van der Waals surface area contributed by atoms with Gasteiger partial charge in [0.15, 0.2) is 0 Å². The zero-order valence-corrected chi connectivity index (χ0v) is 5.46. The van der Waals surface area contributed by atoms with Crippen LogP contribution in [-0.4, -0.2) is 10.9 Å². The Hall–Kier alpha value is -0.980. The van der Waals surface area contributed by atoms with E-state index in [2.05, 4.69) is 30.7 Å². The van der Waals surface area contributed by atoms with Gasteiger partial charge in [0, 0.05) is 11.9 Å². The molecule has 1 heteroatoms. The first kappa shape index (κ1) is 4.86. The van der Waals surface area contributed by atoms with Crippen LogP contribution >= 0.6 is 0 Å². The van der Waals surface area contributed by atoms with Crippen molar-refractivity contribution in [2.45, 2.75) is 13.0 Å². The highest BCUT2D eigenvalue weighted by Crippen LogP contribution is 2.36. The minimum Gasteiger partial charge on any atom is -0.341 e. The van der Waals surface area contributed by atoms with Crippen LogP contribution in [0.1, 0.15) is 6.92 Å². The summed E-state index contributed by atoms with van der Waals surface area (Å²) in [5.41, 5.74) is 2.52. The van der Waals surface area contributed by atoms with E-state index in [1.807, 2.05) is 6.08 Å². The molecule has 1 unspecified atom stereocenters. The van der Waals surface area contributed by atoms with Crippen LogP contribution in [0.5, 0.6) is 0 Å². The first-order chi connectivity index (χ1) is 4.29. The summed E-state index contributed by atoms with van der Waals surface area (Å²) in [5.74, 6) is 0. The van der Waals surface area contributed by atoms with Crippen molar-refractivity contribution in [2.75, 3.05) is 0 Å². The van der Waals surface area contributed by atoms with Crippen LogP contribution in [0.4, 0.5) is 0 Å². The van der Waals surface area contributed by atoms with Gasteiger partial charge in [0.25, 0.3) is 0 Å². The Balaban J connectivity index is 2.35. The maximum Gasteiger partial charge on any atom is 0.0707 e. The molecule has 0 aromatic rings. The zero-order valence-electron chi connectivity index (χ0n) is 5.46. The van der Waals surface area contributed by atoms with Crippen LogP contribution in [-0.2, 0) is 0 Å². The number of rotatable bonds is 0. The van der Waals surface area contributed by atoms with E-state index in [9.17, 15) is 0 Å². The molecule has 0 aromatic carbocycles. The van der Waals surface area contributed by atoms with Crippen molar-refractivity contribution in [1.29, 1.82) is 0 Å². The van der Waals surface area contributed by atoms with E-state index in [1.165, 1.54) is 5.70 Å². The summed E-state index contributed by atoms with van der Waals surface area (Å²) in [4.78, 5) is 2.23. The number of fused-ring (bicyclic) bond motifs is 1. The van der Waals surface area contributed by atoms with Gasteiger partial charge in [0.05, 0.1) is 6.04 Å². The number of hydrogen-bond acceptors (Lipinski definition) is 1. The van der Waals surface area contributed by atoms with Crippen molar-refractivity contribution in [3.05, 3.63) is 36.2 Å². The largest absolute Gasteiger partial charge is 0.341 e. The predicted octanol–water partition coefficient (Wildman–Crippen LogP) is 1.66. The highest BCUT2D eigenvalue weighted by atomic mass is 15.3. The van der Waals surface area contributed by atoms with E-state index in [-0.39, 0.29) is 0 Å². The van der Waals surface area contributed by atoms with Crippen LogP contribution in [0.2, 0.25) is 0 Å². The summed E-state index contributed by atoms with van der Waals surface area (Å²) in [6, 6.07) is 0.639. The standard InChI is InChI=1S/C8H9N/c1-6-3-4-9-7(2)8(9)5-6/h3-5,7H,1H2,2H3. The summed E-state index contributed by atoms with van der Waals surface area (Å²) in [5, 5.41) is 0. The Labute approximate surface area is 55.0 Å². The molecule has 46 valence electrons. The molecule has 1 fully saturated rings. The van der Waals surface area contributed by atoms with Gasteiger partial charge in [-0.05, 0) is 24.6 Å². The van der Waals surface area contributed by atoms with Crippen LogP contribution in [0.25, 0.3) is 0 Å². The Bertz CT molecular complexity index is 223. The van der Waals surface area contributed by atoms with Gasteiger partial charge in [0.1, 0.15) is 0 Å². The Morgan fingerprint density at radius 1 is 1.67 bits per heavy atom. The van der Waals surface area contributed by atoms with E-state index in [0.717, 1.165) is 5.57 Å². The molecule has 0 aromatic heterocycles. The summed E-state index contributed by atoms with van der Waals surface area (Å²) >= 11 is 0. The van der Waals surface area contributed by atoms with Crippen LogP contribution < -0.4 is 0 Å². The molecular weight excluding hydrogens is 110 g/mol. The number of allylic oxidation sites excluding steroid dienone is 3. The zero-order chi connectivity index (χ0) is 6.43. The molecule has 0 saturated carbocycles. The molecule has 9 heavy (non-hydrogen) atoms. The minimum absolute atomic E-state index is 0.639. The highest BCUT2D eigenvalue weighted by molar-refractivity contribution is 5.44. The Morgan fingerprint density at radius 2 is 2.44 bits per heavy atom. The van der Waals surface area contributed by atoms with Gasteiger partial charge in [-0.2, -0.15) is 0 Å². The normalized spacial score (nSPS) is 29.9. The van der Waals surface area contributed by atoms with Crippen LogP contribution in [0.3, 0.4) is 0 Å². The SMILES string of the molecule is C=C1C=CN2C(=C1)C2C. The molecule has 2 aliphatic heterocycles. The van der Waals surface area contributed by atoms with Crippen molar-refractivity contribution in [2.24, 2.45) is 0 Å². The van der Waals surface area contributed by atoms with Gasteiger partial charge in [-0.15, -0.1) is 0 Å². The number of nitrogens with zero attached hydrogens (tertiary/aromatic N) is 1. The van der Waals surface area contributed by atoms with E-state index < -0.39 is 0 Å². The lowest BCUT2D eigenvalue weighted by atomic mass is 10.2. The molecule has 1 atom stereocenters. The molecule has 2 aliphatic rings. The lowest BCUT2D eigenvalue weighted by Crippen LogP contribution is -1.87. The topological polar surface area (TPSA) is 3.01 Å². The molecule has 0 aliphatic carbocycles. The van der Waals surface area contributed by atoms with Crippen molar-refractivity contribution in [3.8, 4) is 0 Å². The second kappa shape index (κ2) is 1.29. The Kier molecular flexibility index (Phi) is 0.699. The van der Waals surface area contributed by atoms with Crippen molar-refractivity contribution < 1.29 is 0 Å². The smallest absolute Gasteiger partial charge is 0.0707 e. The van der Waals surface area contributed by atoms with Crippen molar-refractivity contribution >= 4 is 0 Å². The summed E-state index contributed by atoms with van der Waals surface area (Å²) in [6.45, 7) is 6.03. The van der Waals surface area contributed by atoms with E-state index in [0.29, 0.717) is 6.04 Å². The first-order valence-electron chi connectivity index (χ1n) is 3.16. The molecule has 0 N–H and O–H groups in total. The second-order valence-electron chi connectivity index (χ2n) is 2.54. The van der Waals surface area contributed by atoms with Gasteiger partial charge in [-0.1, -0.05) is 6.58 Å². The quantitative estimate of drug-likeness (QED) is 0.438. The minimum atomic E-state index is 0.639. The third-order valence-corrected chi connectivity index (χ3v) is 1.86. The molecule has 0 amide bonds. The number of hydrogen-bond donors (Lipinski definition) is 0. The fraction of sp³-hybridized carbons (Fsp3) is 0.250. The predicted molar refractivity (Wildman–Crippen MR) is 37.7 cm³/mol. The average molecular weight is 119 g/mol. The van der Waals surface area contributed by atoms with Gasteiger partial charge in [-0.3, -0.25) is 0 Å². The summed E-state index contributed by atoms with van der Waals surface area (Å²) in [7, 11) is 0. The average Bonchev–Trinajstić information content (AvgIpc) is 2.43. The lowest BCUT2D eigenvalue weighted by molar-refractivity contribution is 0.712. The molecule has 1 saturated heterocycles. The second-order valence-corrected chi connectivity index (χ2v) is 2.54. The third-order valence-electron chi connectivity index (χ3n) is 1.86. The lowest BCUT2D eigenvalue weighted by Gasteiger charge is -1.96. The third kappa shape index (κ3) is 0.545. The molecule has 1 nitrogen and oxygen atoms in total. The maximum absolute atomic E-state index is 3.84.